The van der Waals surface area contributed by atoms with E-state index in [1.54, 1.807) is 45.3 Å². The smallest absolute Gasteiger partial charge is 0.417 e. The van der Waals surface area contributed by atoms with Crippen LogP contribution < -0.4 is 5.32 Å². The third kappa shape index (κ3) is 4.88. The maximum Gasteiger partial charge on any atom is 0.417 e. The minimum atomic E-state index is -0.678. The molecule has 0 bridgehead atoms. The zero-order valence-corrected chi connectivity index (χ0v) is 15.7. The minimum Gasteiger partial charge on any atom is -0.443 e. The number of nitrogens with zero attached hydrogens (tertiary/aromatic N) is 4. The molecule has 9 heteroatoms. The standard InChI is InChI=1S/C18H24N6O3/c1-18(2,3)27-17(26)24(13-6-9-20-11-13)15(25)10-14-21-16(23-22-14)12-4-7-19-8-5-12/h4-5,7-8,13,20H,6,9-11H2,1-3H3,(H,21,22,23). The molecule has 0 saturated carbocycles. The number of rotatable bonds is 4. The van der Waals surface area contributed by atoms with Gasteiger partial charge in [0.25, 0.3) is 0 Å². The Balaban J connectivity index is 1.74. The molecule has 0 aliphatic carbocycles. The number of ether oxygens (including phenoxy) is 1. The van der Waals surface area contributed by atoms with Gasteiger partial charge in [0.1, 0.15) is 11.4 Å². The van der Waals surface area contributed by atoms with Crippen LogP contribution in [0.2, 0.25) is 0 Å². The number of hydrogen-bond acceptors (Lipinski definition) is 7. The highest BCUT2D eigenvalue weighted by Crippen LogP contribution is 2.18. The van der Waals surface area contributed by atoms with E-state index in [4.69, 9.17) is 4.74 Å². The summed E-state index contributed by atoms with van der Waals surface area (Å²) in [5.41, 5.74) is 0.117. The Kier molecular flexibility index (Phi) is 5.50. The first-order valence-electron chi connectivity index (χ1n) is 8.91. The summed E-state index contributed by atoms with van der Waals surface area (Å²) in [7, 11) is 0. The maximum atomic E-state index is 12.9. The number of carbonyl (C=O) groups excluding carboxylic acids is 2. The van der Waals surface area contributed by atoms with Gasteiger partial charge in [-0.15, -0.1) is 0 Å². The minimum absolute atomic E-state index is 0.0617. The van der Waals surface area contributed by atoms with E-state index in [0.717, 1.165) is 12.1 Å². The van der Waals surface area contributed by atoms with Crippen molar-refractivity contribution < 1.29 is 14.3 Å². The number of hydrogen-bond donors (Lipinski definition) is 2. The van der Waals surface area contributed by atoms with Crippen LogP contribution in [0.25, 0.3) is 11.4 Å². The number of amides is 2. The Labute approximate surface area is 157 Å². The average Bonchev–Trinajstić information content (AvgIpc) is 3.26. The van der Waals surface area contributed by atoms with E-state index in [1.807, 2.05) is 0 Å². The molecule has 0 aromatic carbocycles. The lowest BCUT2D eigenvalue weighted by molar-refractivity contribution is -0.131. The first-order valence-corrected chi connectivity index (χ1v) is 8.91. The van der Waals surface area contributed by atoms with Gasteiger partial charge in [0, 0.05) is 24.5 Å². The summed E-state index contributed by atoms with van der Waals surface area (Å²) in [6.07, 6.45) is 3.30. The molecule has 2 aromatic heterocycles. The quantitative estimate of drug-likeness (QED) is 0.837. The molecule has 144 valence electrons. The van der Waals surface area contributed by atoms with Gasteiger partial charge in [0.15, 0.2) is 5.82 Å². The Bertz CT molecular complexity index is 793. The fourth-order valence-corrected chi connectivity index (χ4v) is 2.86. The molecule has 27 heavy (non-hydrogen) atoms. The zero-order valence-electron chi connectivity index (χ0n) is 15.7. The van der Waals surface area contributed by atoms with Crippen LogP contribution in [0.3, 0.4) is 0 Å². The number of imide groups is 1. The second-order valence-electron chi connectivity index (χ2n) is 7.41. The molecule has 1 fully saturated rings. The fourth-order valence-electron chi connectivity index (χ4n) is 2.86. The fraction of sp³-hybridized carbons (Fsp3) is 0.500. The maximum absolute atomic E-state index is 12.9. The third-order valence-corrected chi connectivity index (χ3v) is 4.05. The summed E-state index contributed by atoms with van der Waals surface area (Å²) in [6.45, 7) is 6.64. The molecule has 1 aliphatic heterocycles. The van der Waals surface area contributed by atoms with E-state index in [-0.39, 0.29) is 18.4 Å². The van der Waals surface area contributed by atoms with E-state index in [1.165, 1.54) is 4.90 Å². The van der Waals surface area contributed by atoms with Gasteiger partial charge in [-0.25, -0.2) is 14.7 Å². The molecule has 2 aromatic rings. The van der Waals surface area contributed by atoms with Crippen molar-refractivity contribution >= 4 is 12.0 Å². The highest BCUT2D eigenvalue weighted by atomic mass is 16.6. The summed E-state index contributed by atoms with van der Waals surface area (Å²) in [5, 5.41) is 10.1. The number of pyridine rings is 1. The normalized spacial score (nSPS) is 16.9. The van der Waals surface area contributed by atoms with Gasteiger partial charge < -0.3 is 10.1 Å². The second kappa shape index (κ2) is 7.83. The van der Waals surface area contributed by atoms with Crippen molar-refractivity contribution in [1.29, 1.82) is 0 Å². The van der Waals surface area contributed by atoms with Crippen molar-refractivity contribution in [1.82, 2.24) is 30.4 Å². The summed E-state index contributed by atoms with van der Waals surface area (Å²) in [4.78, 5) is 35.0. The van der Waals surface area contributed by atoms with Crippen LogP contribution in [0.5, 0.6) is 0 Å². The van der Waals surface area contributed by atoms with Gasteiger partial charge in [-0.05, 0) is 45.9 Å². The van der Waals surface area contributed by atoms with Gasteiger partial charge in [-0.3, -0.25) is 14.9 Å². The lowest BCUT2D eigenvalue weighted by atomic mass is 10.2. The first kappa shape index (κ1) is 19.0. The molecule has 0 spiro atoms. The molecule has 3 heterocycles. The van der Waals surface area contributed by atoms with Gasteiger partial charge in [0.2, 0.25) is 5.91 Å². The van der Waals surface area contributed by atoms with Crippen LogP contribution >= 0.6 is 0 Å². The van der Waals surface area contributed by atoms with Gasteiger partial charge >= 0.3 is 6.09 Å². The molecule has 1 saturated heterocycles. The highest BCUT2D eigenvalue weighted by Gasteiger charge is 2.35. The van der Waals surface area contributed by atoms with E-state index >= 15 is 0 Å². The summed E-state index contributed by atoms with van der Waals surface area (Å²) < 4.78 is 5.43. The molecule has 1 atom stereocenters. The highest BCUT2D eigenvalue weighted by molar-refractivity contribution is 5.93. The largest absolute Gasteiger partial charge is 0.443 e. The average molecular weight is 372 g/mol. The predicted molar refractivity (Wildman–Crippen MR) is 97.7 cm³/mol. The van der Waals surface area contributed by atoms with Crippen LogP contribution in [0.15, 0.2) is 24.5 Å². The van der Waals surface area contributed by atoms with E-state index in [0.29, 0.717) is 24.6 Å². The third-order valence-electron chi connectivity index (χ3n) is 4.05. The van der Waals surface area contributed by atoms with Gasteiger partial charge in [-0.1, -0.05) is 0 Å². The van der Waals surface area contributed by atoms with Crippen molar-refractivity contribution in [3.63, 3.8) is 0 Å². The summed E-state index contributed by atoms with van der Waals surface area (Å²) in [6, 6.07) is 3.34. The lowest BCUT2D eigenvalue weighted by Gasteiger charge is -2.29. The van der Waals surface area contributed by atoms with Crippen LogP contribution in [-0.2, 0) is 16.0 Å². The van der Waals surface area contributed by atoms with Crippen LogP contribution in [0.4, 0.5) is 4.79 Å². The second-order valence-corrected chi connectivity index (χ2v) is 7.41. The lowest BCUT2D eigenvalue weighted by Crippen LogP contribution is -2.48. The molecular formula is C18H24N6O3. The molecular weight excluding hydrogens is 348 g/mol. The van der Waals surface area contributed by atoms with Crippen molar-refractivity contribution in [2.24, 2.45) is 0 Å². The van der Waals surface area contributed by atoms with Gasteiger partial charge in [-0.2, -0.15) is 5.10 Å². The zero-order chi connectivity index (χ0) is 19.4. The number of H-pyrrole nitrogens is 1. The molecule has 9 nitrogen and oxygen atoms in total. The van der Waals surface area contributed by atoms with Gasteiger partial charge in [0.05, 0.1) is 12.5 Å². The summed E-state index contributed by atoms with van der Waals surface area (Å²) in [5.74, 6) is 0.508. The Morgan fingerprint density at radius 3 is 2.67 bits per heavy atom. The van der Waals surface area contributed by atoms with Crippen LogP contribution in [0.1, 0.15) is 33.0 Å². The predicted octanol–water partition coefficient (Wildman–Crippen LogP) is 1.53. The Hall–Kier alpha value is -2.81. The van der Waals surface area contributed by atoms with E-state index in [2.05, 4.69) is 25.5 Å². The molecule has 2 amide bonds. The van der Waals surface area contributed by atoms with Crippen molar-refractivity contribution in [2.75, 3.05) is 13.1 Å². The first-order chi connectivity index (χ1) is 12.8. The number of aromatic nitrogens is 4. The molecule has 1 unspecified atom stereocenters. The molecule has 3 rings (SSSR count). The Morgan fingerprint density at radius 1 is 1.30 bits per heavy atom. The van der Waals surface area contributed by atoms with Crippen molar-refractivity contribution in [3.8, 4) is 11.4 Å². The molecule has 0 radical (unpaired) electrons. The molecule has 2 N–H and O–H groups in total. The Morgan fingerprint density at radius 2 is 2.04 bits per heavy atom. The topological polar surface area (TPSA) is 113 Å². The van der Waals surface area contributed by atoms with Crippen LogP contribution in [-0.4, -0.2) is 61.8 Å². The van der Waals surface area contributed by atoms with Crippen molar-refractivity contribution in [2.45, 2.75) is 45.3 Å². The SMILES string of the molecule is CC(C)(C)OC(=O)N(C(=O)Cc1nc(-c2ccncc2)n[nH]1)C1CCNC1. The van der Waals surface area contributed by atoms with Crippen molar-refractivity contribution in [3.05, 3.63) is 30.4 Å². The number of carbonyl (C=O) groups is 2. The number of aromatic amines is 1. The molecule has 1 aliphatic rings. The summed E-state index contributed by atoms with van der Waals surface area (Å²) >= 11 is 0. The van der Waals surface area contributed by atoms with E-state index in [9.17, 15) is 9.59 Å². The van der Waals surface area contributed by atoms with E-state index < -0.39 is 11.7 Å². The van der Waals surface area contributed by atoms with Crippen LogP contribution in [0, 0.1) is 0 Å². The number of nitrogens with one attached hydrogen (secondary N) is 2. The monoisotopic (exact) mass is 372 g/mol.